The first-order valence-corrected chi connectivity index (χ1v) is 5.13. The van der Waals surface area contributed by atoms with Crippen molar-refractivity contribution < 1.29 is 29.6 Å². The van der Waals surface area contributed by atoms with E-state index in [4.69, 9.17) is 14.6 Å². The van der Waals surface area contributed by atoms with Crippen LogP contribution in [0, 0.1) is 0 Å². The molecule has 0 bridgehead atoms. The standard InChI is InChI=1S/C10H17NO6/c1-3-6(13)11-7-9(15)8(14)5(4-12)17-10(7)16-2/h3,5,7-10,12,14-15H,1,4H2,2H3,(H,11,13)/t5-,7+,8+,9-,10-/m1/s1. The third kappa shape index (κ3) is 3.02. The number of carbonyl (C=O) groups excluding carboxylic acids is 1. The average Bonchev–Trinajstić information content (AvgIpc) is 2.35. The third-order valence-electron chi connectivity index (χ3n) is 2.61. The molecule has 0 aromatic carbocycles. The lowest BCUT2D eigenvalue weighted by Gasteiger charge is -2.41. The van der Waals surface area contributed by atoms with Crippen LogP contribution in [0.1, 0.15) is 0 Å². The molecule has 1 fully saturated rings. The molecular formula is C10H17NO6. The highest BCUT2D eigenvalue weighted by Crippen LogP contribution is 2.21. The second-order valence-corrected chi connectivity index (χ2v) is 3.68. The zero-order valence-corrected chi connectivity index (χ0v) is 9.44. The molecule has 0 aliphatic carbocycles. The van der Waals surface area contributed by atoms with Crippen LogP contribution >= 0.6 is 0 Å². The maximum absolute atomic E-state index is 11.2. The first kappa shape index (κ1) is 14.1. The van der Waals surface area contributed by atoms with Crippen LogP contribution in [0.2, 0.25) is 0 Å². The van der Waals surface area contributed by atoms with Gasteiger partial charge < -0.3 is 30.1 Å². The van der Waals surface area contributed by atoms with Crippen molar-refractivity contribution in [2.45, 2.75) is 30.6 Å². The van der Waals surface area contributed by atoms with Crippen molar-refractivity contribution in [1.82, 2.24) is 5.32 Å². The highest BCUT2D eigenvalue weighted by Gasteiger charge is 2.44. The van der Waals surface area contributed by atoms with Crippen LogP contribution in [0.5, 0.6) is 0 Å². The van der Waals surface area contributed by atoms with E-state index in [1.807, 2.05) is 0 Å². The van der Waals surface area contributed by atoms with Crippen molar-refractivity contribution in [2.75, 3.05) is 13.7 Å². The quantitative estimate of drug-likeness (QED) is 0.418. The van der Waals surface area contributed by atoms with Gasteiger partial charge in [-0.05, 0) is 6.08 Å². The summed E-state index contributed by atoms with van der Waals surface area (Å²) in [6.07, 6.45) is -3.47. The molecule has 17 heavy (non-hydrogen) atoms. The fourth-order valence-corrected chi connectivity index (χ4v) is 1.66. The monoisotopic (exact) mass is 247 g/mol. The summed E-state index contributed by atoms with van der Waals surface area (Å²) in [4.78, 5) is 11.2. The Balaban J connectivity index is 2.79. The first-order valence-electron chi connectivity index (χ1n) is 5.13. The number of aliphatic hydroxyl groups is 3. The Morgan fingerprint density at radius 2 is 2.18 bits per heavy atom. The number of hydrogen-bond acceptors (Lipinski definition) is 6. The lowest BCUT2D eigenvalue weighted by Crippen LogP contribution is -2.64. The number of amides is 1. The molecule has 0 aromatic rings. The molecule has 0 spiro atoms. The van der Waals surface area contributed by atoms with Crippen LogP contribution in [0.3, 0.4) is 0 Å². The van der Waals surface area contributed by atoms with Gasteiger partial charge in [0.2, 0.25) is 5.91 Å². The van der Waals surface area contributed by atoms with Crippen LogP contribution in [-0.4, -0.2) is 65.6 Å². The second kappa shape index (κ2) is 6.08. The molecule has 1 amide bonds. The number of rotatable bonds is 4. The van der Waals surface area contributed by atoms with Crippen LogP contribution in [-0.2, 0) is 14.3 Å². The van der Waals surface area contributed by atoms with Crippen LogP contribution in [0.25, 0.3) is 0 Å². The predicted octanol–water partition coefficient (Wildman–Crippen LogP) is -2.26. The Labute approximate surface area is 98.6 Å². The topological polar surface area (TPSA) is 108 Å². The minimum absolute atomic E-state index is 0.458. The molecule has 7 heteroatoms. The van der Waals surface area contributed by atoms with Gasteiger partial charge in [0.25, 0.3) is 0 Å². The molecule has 4 N–H and O–H groups in total. The van der Waals surface area contributed by atoms with Crippen LogP contribution in [0.15, 0.2) is 12.7 Å². The summed E-state index contributed by atoms with van der Waals surface area (Å²) in [6.45, 7) is 2.82. The molecule has 1 aliphatic heterocycles. The summed E-state index contributed by atoms with van der Waals surface area (Å²) < 4.78 is 10.1. The SMILES string of the molecule is C=CC(=O)N[C@@H]1[C@H](OC)O[C@H](CO)[C@H](O)[C@@H]1O. The van der Waals surface area contributed by atoms with E-state index in [1.165, 1.54) is 7.11 Å². The van der Waals surface area contributed by atoms with E-state index >= 15 is 0 Å². The van der Waals surface area contributed by atoms with Crippen molar-refractivity contribution in [3.63, 3.8) is 0 Å². The first-order chi connectivity index (χ1) is 8.04. The largest absolute Gasteiger partial charge is 0.394 e. The molecule has 1 aliphatic rings. The van der Waals surface area contributed by atoms with Crippen molar-refractivity contribution in [1.29, 1.82) is 0 Å². The lowest BCUT2D eigenvalue weighted by molar-refractivity contribution is -0.262. The van der Waals surface area contributed by atoms with Gasteiger partial charge in [0.05, 0.1) is 6.61 Å². The van der Waals surface area contributed by atoms with E-state index in [-0.39, 0.29) is 0 Å². The van der Waals surface area contributed by atoms with E-state index in [0.29, 0.717) is 0 Å². The number of methoxy groups -OCH3 is 1. The van der Waals surface area contributed by atoms with Crippen molar-refractivity contribution in [3.8, 4) is 0 Å². The molecule has 1 heterocycles. The summed E-state index contributed by atoms with van der Waals surface area (Å²) >= 11 is 0. The molecule has 0 saturated carbocycles. The van der Waals surface area contributed by atoms with Gasteiger partial charge in [-0.15, -0.1) is 0 Å². The van der Waals surface area contributed by atoms with Gasteiger partial charge in [0.1, 0.15) is 24.4 Å². The second-order valence-electron chi connectivity index (χ2n) is 3.68. The van der Waals surface area contributed by atoms with E-state index in [2.05, 4.69) is 11.9 Å². The zero-order chi connectivity index (χ0) is 13.0. The highest BCUT2D eigenvalue weighted by molar-refractivity contribution is 5.87. The fraction of sp³-hybridized carbons (Fsp3) is 0.700. The number of aliphatic hydroxyl groups excluding tert-OH is 3. The molecule has 5 atom stereocenters. The van der Waals surface area contributed by atoms with Crippen molar-refractivity contribution >= 4 is 5.91 Å². The summed E-state index contributed by atoms with van der Waals surface area (Å²) in [5.41, 5.74) is 0. The summed E-state index contributed by atoms with van der Waals surface area (Å²) in [5, 5.41) is 30.8. The molecule has 0 radical (unpaired) electrons. The third-order valence-corrected chi connectivity index (χ3v) is 2.61. The Bertz CT molecular complexity index is 282. The molecule has 0 aromatic heterocycles. The predicted molar refractivity (Wildman–Crippen MR) is 56.9 cm³/mol. The van der Waals surface area contributed by atoms with Crippen molar-refractivity contribution in [3.05, 3.63) is 12.7 Å². The van der Waals surface area contributed by atoms with Gasteiger partial charge in [-0.25, -0.2) is 0 Å². The Morgan fingerprint density at radius 1 is 1.53 bits per heavy atom. The number of hydrogen-bond donors (Lipinski definition) is 4. The maximum Gasteiger partial charge on any atom is 0.243 e. The average molecular weight is 247 g/mol. The van der Waals surface area contributed by atoms with E-state index in [1.54, 1.807) is 0 Å². The Morgan fingerprint density at radius 3 is 2.65 bits per heavy atom. The van der Waals surface area contributed by atoms with E-state index in [0.717, 1.165) is 6.08 Å². The summed E-state index contributed by atoms with van der Waals surface area (Å²) in [7, 11) is 1.33. The normalized spacial score (nSPS) is 37.5. The molecule has 7 nitrogen and oxygen atoms in total. The van der Waals surface area contributed by atoms with Crippen LogP contribution < -0.4 is 5.32 Å². The summed E-state index contributed by atoms with van der Waals surface area (Å²) in [5.74, 6) is -0.519. The van der Waals surface area contributed by atoms with Gasteiger partial charge in [0, 0.05) is 7.11 Å². The number of carbonyl (C=O) groups is 1. The molecule has 98 valence electrons. The highest BCUT2D eigenvalue weighted by atomic mass is 16.7. The Kier molecular flexibility index (Phi) is 5.03. The number of ether oxygens (including phenoxy) is 2. The van der Waals surface area contributed by atoms with Gasteiger partial charge >= 0.3 is 0 Å². The lowest BCUT2D eigenvalue weighted by atomic mass is 9.97. The van der Waals surface area contributed by atoms with Crippen LogP contribution in [0.4, 0.5) is 0 Å². The minimum atomic E-state index is -1.30. The molecule has 1 saturated heterocycles. The van der Waals surface area contributed by atoms with Gasteiger partial charge in [-0.2, -0.15) is 0 Å². The number of nitrogens with one attached hydrogen (secondary N) is 1. The van der Waals surface area contributed by atoms with Gasteiger partial charge in [0.15, 0.2) is 6.29 Å². The summed E-state index contributed by atoms with van der Waals surface area (Å²) in [6, 6.07) is -0.928. The molecule has 0 unspecified atom stereocenters. The maximum atomic E-state index is 11.2. The Hall–Kier alpha value is -0.990. The van der Waals surface area contributed by atoms with Gasteiger partial charge in [-0.3, -0.25) is 4.79 Å². The van der Waals surface area contributed by atoms with Crippen molar-refractivity contribution in [2.24, 2.45) is 0 Å². The zero-order valence-electron chi connectivity index (χ0n) is 9.44. The molecular weight excluding hydrogens is 230 g/mol. The fourth-order valence-electron chi connectivity index (χ4n) is 1.66. The van der Waals surface area contributed by atoms with E-state index in [9.17, 15) is 15.0 Å². The molecule has 1 rings (SSSR count). The minimum Gasteiger partial charge on any atom is -0.394 e. The smallest absolute Gasteiger partial charge is 0.243 e. The van der Waals surface area contributed by atoms with Gasteiger partial charge in [-0.1, -0.05) is 6.58 Å². The van der Waals surface area contributed by atoms with E-state index < -0.39 is 43.2 Å².